The van der Waals surface area contributed by atoms with Crippen molar-refractivity contribution in [2.75, 3.05) is 29.9 Å². The molecule has 2 N–H and O–H groups in total. The second-order valence-electron chi connectivity index (χ2n) is 12.1. The molecule has 8 nitrogen and oxygen atoms in total. The Bertz CT molecular complexity index is 1390. The highest BCUT2D eigenvalue weighted by Gasteiger charge is 2.28. The van der Waals surface area contributed by atoms with Crippen LogP contribution in [0.25, 0.3) is 0 Å². The number of hydrogen-bond donors (Lipinski definition) is 2. The lowest BCUT2D eigenvalue weighted by molar-refractivity contribution is -0.126. The third kappa shape index (κ3) is 6.20. The zero-order valence-electron chi connectivity index (χ0n) is 23.8. The minimum absolute atomic E-state index is 0.0315. The summed E-state index contributed by atoms with van der Waals surface area (Å²) in [5.41, 5.74) is 3.27. The Hall–Kier alpha value is -3.72. The van der Waals surface area contributed by atoms with Crippen LogP contribution in [0, 0.1) is 17.2 Å². The summed E-state index contributed by atoms with van der Waals surface area (Å²) in [6.07, 6.45) is 4.50. The number of rotatable bonds is 6. The van der Waals surface area contributed by atoms with Crippen LogP contribution in [0.1, 0.15) is 61.5 Å². The van der Waals surface area contributed by atoms with E-state index < -0.39 is 5.82 Å². The monoisotopic (exact) mass is 546 g/mol. The molecule has 0 aliphatic carbocycles. The minimum Gasteiger partial charge on any atom is -0.352 e. The molecule has 2 aromatic carbocycles. The van der Waals surface area contributed by atoms with Gasteiger partial charge in [0.25, 0.3) is 5.91 Å². The summed E-state index contributed by atoms with van der Waals surface area (Å²) in [7, 11) is 1.84. The molecule has 2 amide bonds. The lowest BCUT2D eigenvalue weighted by Crippen LogP contribution is -2.41. The van der Waals surface area contributed by atoms with E-state index in [1.807, 2.05) is 31.3 Å². The van der Waals surface area contributed by atoms with Crippen molar-refractivity contribution in [1.82, 2.24) is 20.0 Å². The van der Waals surface area contributed by atoms with Crippen LogP contribution in [0.4, 0.5) is 21.6 Å². The van der Waals surface area contributed by atoms with Crippen LogP contribution in [0.2, 0.25) is 0 Å². The second kappa shape index (κ2) is 11.4. The van der Waals surface area contributed by atoms with E-state index in [4.69, 9.17) is 0 Å². The van der Waals surface area contributed by atoms with Gasteiger partial charge in [0, 0.05) is 36.2 Å². The van der Waals surface area contributed by atoms with Gasteiger partial charge in [0.2, 0.25) is 5.91 Å². The summed E-state index contributed by atoms with van der Waals surface area (Å²) in [6, 6.07) is 12.0. The van der Waals surface area contributed by atoms with Gasteiger partial charge in [-0.1, -0.05) is 39.0 Å². The van der Waals surface area contributed by atoms with Gasteiger partial charge in [-0.05, 0) is 68.6 Å². The Morgan fingerprint density at radius 1 is 1.12 bits per heavy atom. The number of likely N-dealkylation sites (tertiary alicyclic amines) is 1. The number of aromatic nitrogens is 2. The highest BCUT2D eigenvalue weighted by molar-refractivity contribution is 6.08. The number of anilines is 3. The molecule has 0 radical (unpaired) electrons. The van der Waals surface area contributed by atoms with Crippen LogP contribution in [0.3, 0.4) is 0 Å². The van der Waals surface area contributed by atoms with Crippen molar-refractivity contribution in [3.8, 4) is 0 Å². The van der Waals surface area contributed by atoms with E-state index in [0.717, 1.165) is 56.0 Å². The van der Waals surface area contributed by atoms with Crippen molar-refractivity contribution in [2.45, 2.75) is 53.1 Å². The summed E-state index contributed by atoms with van der Waals surface area (Å²) in [6.45, 7) is 10.0. The summed E-state index contributed by atoms with van der Waals surface area (Å²) in [5.74, 6) is -0.0828. The molecule has 1 fully saturated rings. The fourth-order valence-corrected chi connectivity index (χ4v) is 5.36. The highest BCUT2D eigenvalue weighted by atomic mass is 19.1. The maximum atomic E-state index is 15.2. The van der Waals surface area contributed by atoms with Gasteiger partial charge in [0.15, 0.2) is 0 Å². The first kappa shape index (κ1) is 27.8. The number of hydrogen-bond acceptors (Lipinski definition) is 5. The standard InChI is InChI=1S/C31H39FN6O2/c1-31(2,3)13-16-37-14-11-21(12-15-37)29(39)33-18-23-10-9-22(17-25(23)32)30(40)38-20-24-19-34-36(4)28(24)35-26-7-5-6-8-27(26)38/h5-10,17,19,21,35H,11-16,18,20H2,1-4H3,(H,33,39). The number of carbonyl (C=O) groups is 2. The average Bonchev–Trinajstić information content (AvgIpc) is 3.18. The van der Waals surface area contributed by atoms with Gasteiger partial charge in [0.1, 0.15) is 11.6 Å². The predicted molar refractivity (Wildman–Crippen MR) is 155 cm³/mol. The van der Waals surface area contributed by atoms with Crippen molar-refractivity contribution in [2.24, 2.45) is 18.4 Å². The van der Waals surface area contributed by atoms with Crippen LogP contribution in [-0.2, 0) is 24.9 Å². The van der Waals surface area contributed by atoms with Gasteiger partial charge in [-0.25, -0.2) is 4.39 Å². The summed E-state index contributed by atoms with van der Waals surface area (Å²) in [5, 5.41) is 10.6. The van der Waals surface area contributed by atoms with Crippen molar-refractivity contribution < 1.29 is 14.0 Å². The van der Waals surface area contributed by atoms with Crippen LogP contribution >= 0.6 is 0 Å². The van der Waals surface area contributed by atoms with Crippen molar-refractivity contribution in [1.29, 1.82) is 0 Å². The molecule has 3 aromatic rings. The van der Waals surface area contributed by atoms with Crippen LogP contribution in [0.5, 0.6) is 0 Å². The van der Waals surface area contributed by atoms with E-state index in [-0.39, 0.29) is 29.8 Å². The molecule has 0 saturated carbocycles. The van der Waals surface area contributed by atoms with Crippen LogP contribution in [0.15, 0.2) is 48.7 Å². The Morgan fingerprint density at radius 2 is 1.88 bits per heavy atom. The van der Waals surface area contributed by atoms with Crippen LogP contribution < -0.4 is 15.5 Å². The number of nitrogens with one attached hydrogen (secondary N) is 2. The summed E-state index contributed by atoms with van der Waals surface area (Å²) >= 11 is 0. The first-order valence-electron chi connectivity index (χ1n) is 14.1. The molecule has 5 rings (SSSR count). The Labute approximate surface area is 235 Å². The number of nitrogens with zero attached hydrogens (tertiary/aromatic N) is 4. The lowest BCUT2D eigenvalue weighted by atomic mass is 9.90. The van der Waals surface area contributed by atoms with E-state index in [9.17, 15) is 9.59 Å². The number of para-hydroxylation sites is 2. The second-order valence-corrected chi connectivity index (χ2v) is 12.1. The Kier molecular flexibility index (Phi) is 7.94. The average molecular weight is 547 g/mol. The Morgan fingerprint density at radius 3 is 2.60 bits per heavy atom. The fourth-order valence-electron chi connectivity index (χ4n) is 5.36. The SMILES string of the molecule is Cn1ncc2c1Nc1ccccc1N(C(=O)c1ccc(CNC(=O)C3CCN(CCC(C)(C)C)CC3)c(F)c1)C2. The van der Waals surface area contributed by atoms with Crippen molar-refractivity contribution in [3.05, 3.63) is 71.2 Å². The van der Waals surface area contributed by atoms with Gasteiger partial charge < -0.3 is 20.4 Å². The number of piperidine rings is 1. The zero-order chi connectivity index (χ0) is 28.4. The van der Waals surface area contributed by atoms with Crippen molar-refractivity contribution in [3.63, 3.8) is 0 Å². The van der Waals surface area contributed by atoms with E-state index in [0.29, 0.717) is 23.2 Å². The first-order valence-corrected chi connectivity index (χ1v) is 14.1. The molecule has 2 aliphatic rings. The van der Waals surface area contributed by atoms with E-state index in [1.54, 1.807) is 27.9 Å². The minimum atomic E-state index is -0.508. The molecule has 40 heavy (non-hydrogen) atoms. The van der Waals surface area contributed by atoms with E-state index in [2.05, 4.69) is 41.4 Å². The van der Waals surface area contributed by atoms with E-state index in [1.165, 1.54) is 6.07 Å². The predicted octanol–water partition coefficient (Wildman–Crippen LogP) is 5.23. The molecule has 0 unspecified atom stereocenters. The smallest absolute Gasteiger partial charge is 0.258 e. The molecule has 212 valence electrons. The molecule has 9 heteroatoms. The molecular formula is C31H39FN6O2. The third-order valence-electron chi connectivity index (χ3n) is 7.93. The van der Waals surface area contributed by atoms with Gasteiger partial charge in [-0.3, -0.25) is 14.3 Å². The molecule has 1 aromatic heterocycles. The maximum Gasteiger partial charge on any atom is 0.258 e. The van der Waals surface area contributed by atoms with Gasteiger partial charge >= 0.3 is 0 Å². The molecule has 1 saturated heterocycles. The van der Waals surface area contributed by atoms with Gasteiger partial charge in [0.05, 0.1) is 24.1 Å². The first-order chi connectivity index (χ1) is 19.1. The van der Waals surface area contributed by atoms with E-state index >= 15 is 4.39 Å². The van der Waals surface area contributed by atoms with Gasteiger partial charge in [-0.2, -0.15) is 5.10 Å². The quantitative estimate of drug-likeness (QED) is 0.443. The molecule has 3 heterocycles. The zero-order valence-corrected chi connectivity index (χ0v) is 23.8. The number of halogens is 1. The van der Waals surface area contributed by atoms with Crippen LogP contribution in [-0.4, -0.2) is 46.1 Å². The lowest BCUT2D eigenvalue weighted by Gasteiger charge is -2.33. The number of benzene rings is 2. The topological polar surface area (TPSA) is 82.5 Å². The number of fused-ring (bicyclic) bond motifs is 2. The van der Waals surface area contributed by atoms with Crippen molar-refractivity contribution >= 4 is 29.0 Å². The normalized spacial score (nSPS) is 16.1. The number of carbonyl (C=O) groups excluding carboxylic acids is 2. The summed E-state index contributed by atoms with van der Waals surface area (Å²) in [4.78, 5) is 30.5. The summed E-state index contributed by atoms with van der Waals surface area (Å²) < 4.78 is 16.9. The van der Waals surface area contributed by atoms with Gasteiger partial charge in [-0.15, -0.1) is 0 Å². The number of aryl methyl sites for hydroxylation is 1. The molecule has 2 aliphatic heterocycles. The molecule has 0 bridgehead atoms. The maximum absolute atomic E-state index is 15.2. The number of amides is 2. The molecule has 0 atom stereocenters. The molecular weight excluding hydrogens is 507 g/mol. The third-order valence-corrected chi connectivity index (χ3v) is 7.93. The Balaban J connectivity index is 1.21. The highest BCUT2D eigenvalue weighted by Crippen LogP contribution is 2.36. The fraction of sp³-hybridized carbons (Fsp3) is 0.452. The largest absolute Gasteiger partial charge is 0.352 e. The molecule has 0 spiro atoms.